The first-order valence-corrected chi connectivity index (χ1v) is 8.76. The van der Waals surface area contributed by atoms with Gasteiger partial charge in [0, 0.05) is 25.9 Å². The van der Waals surface area contributed by atoms with E-state index in [-0.39, 0.29) is 5.60 Å². The second-order valence-corrected chi connectivity index (χ2v) is 7.93. The number of piperidine rings is 1. The Bertz CT molecular complexity index is 519. The molecule has 2 aliphatic heterocycles. The zero-order valence-corrected chi connectivity index (χ0v) is 14.5. The van der Waals surface area contributed by atoms with E-state index in [0.717, 1.165) is 63.5 Å². The molecule has 23 heavy (non-hydrogen) atoms. The van der Waals surface area contributed by atoms with E-state index < -0.39 is 5.60 Å². The normalized spacial score (nSPS) is 28.6. The molecule has 0 amide bonds. The van der Waals surface area contributed by atoms with Crippen LogP contribution < -0.4 is 0 Å². The van der Waals surface area contributed by atoms with Crippen molar-refractivity contribution in [1.29, 1.82) is 0 Å². The van der Waals surface area contributed by atoms with Gasteiger partial charge in [-0.3, -0.25) is 4.90 Å². The topological polar surface area (TPSA) is 71.6 Å². The predicted molar refractivity (Wildman–Crippen MR) is 85.9 cm³/mol. The Morgan fingerprint density at radius 1 is 1.26 bits per heavy atom. The van der Waals surface area contributed by atoms with Gasteiger partial charge >= 0.3 is 0 Å². The molecule has 3 rings (SSSR count). The van der Waals surface area contributed by atoms with Gasteiger partial charge < -0.3 is 14.4 Å². The average Bonchev–Trinajstić information content (AvgIpc) is 2.87. The summed E-state index contributed by atoms with van der Waals surface area (Å²) in [5.41, 5.74) is -0.724. The second-order valence-electron chi connectivity index (χ2n) is 7.93. The summed E-state index contributed by atoms with van der Waals surface area (Å²) in [5, 5.41) is 14.4. The van der Waals surface area contributed by atoms with Gasteiger partial charge in [0.1, 0.15) is 0 Å². The van der Waals surface area contributed by atoms with E-state index >= 15 is 0 Å². The molecule has 1 spiro atoms. The van der Waals surface area contributed by atoms with Crippen molar-refractivity contribution in [2.24, 2.45) is 5.92 Å². The van der Waals surface area contributed by atoms with Crippen LogP contribution in [0.1, 0.15) is 58.2 Å². The van der Waals surface area contributed by atoms with Gasteiger partial charge in [0.25, 0.3) is 0 Å². The minimum absolute atomic E-state index is 0.141. The molecule has 1 atom stereocenters. The molecular weight excluding hydrogens is 294 g/mol. The first kappa shape index (κ1) is 16.9. The molecule has 1 aromatic rings. The highest BCUT2D eigenvalue weighted by Crippen LogP contribution is 2.39. The van der Waals surface area contributed by atoms with Crippen molar-refractivity contribution in [2.45, 2.75) is 70.6 Å². The van der Waals surface area contributed by atoms with Gasteiger partial charge in [-0.25, -0.2) is 0 Å². The average molecular weight is 323 g/mol. The highest BCUT2D eigenvalue weighted by molar-refractivity contribution is 4.97. The van der Waals surface area contributed by atoms with Crippen LogP contribution in [0, 0.1) is 5.92 Å². The third-order valence-electron chi connectivity index (χ3n) is 4.98. The van der Waals surface area contributed by atoms with Crippen LogP contribution in [0.5, 0.6) is 0 Å². The van der Waals surface area contributed by atoms with E-state index in [1.54, 1.807) is 0 Å². The number of aliphatic hydroxyl groups is 1. The Morgan fingerprint density at radius 2 is 2.00 bits per heavy atom. The number of nitrogens with zero attached hydrogens (tertiary/aromatic N) is 3. The van der Waals surface area contributed by atoms with Crippen LogP contribution >= 0.6 is 0 Å². The molecule has 0 radical (unpaired) electrons. The SMILES string of the molecule is CC(C)Cc1nc(CN2CCC3(CC2)CC(C)(O)CCO3)no1. The molecule has 6 heteroatoms. The summed E-state index contributed by atoms with van der Waals surface area (Å²) in [7, 11) is 0. The smallest absolute Gasteiger partial charge is 0.226 e. The molecule has 0 aromatic carbocycles. The fourth-order valence-electron chi connectivity index (χ4n) is 3.75. The molecule has 0 saturated carbocycles. The molecule has 0 bridgehead atoms. The molecule has 130 valence electrons. The standard InChI is InChI=1S/C17H29N3O3/c1-13(2)10-15-18-14(19-23-15)11-20-7-4-17(5-8-20)12-16(3,21)6-9-22-17/h13,21H,4-12H2,1-3H3. The Kier molecular flexibility index (Phi) is 4.76. The maximum Gasteiger partial charge on any atom is 0.226 e. The van der Waals surface area contributed by atoms with Crippen molar-refractivity contribution >= 4 is 0 Å². The molecule has 2 saturated heterocycles. The monoisotopic (exact) mass is 323 g/mol. The van der Waals surface area contributed by atoms with E-state index in [2.05, 4.69) is 28.9 Å². The summed E-state index contributed by atoms with van der Waals surface area (Å²) < 4.78 is 11.4. The lowest BCUT2D eigenvalue weighted by Gasteiger charge is -2.48. The molecule has 6 nitrogen and oxygen atoms in total. The Hall–Kier alpha value is -0.980. The molecule has 0 aliphatic carbocycles. The van der Waals surface area contributed by atoms with Gasteiger partial charge in [0.05, 0.1) is 24.4 Å². The number of likely N-dealkylation sites (tertiary alicyclic amines) is 1. The fourth-order valence-corrected chi connectivity index (χ4v) is 3.75. The van der Waals surface area contributed by atoms with Crippen LogP contribution in [0.15, 0.2) is 4.52 Å². The van der Waals surface area contributed by atoms with Gasteiger partial charge in [-0.2, -0.15) is 4.98 Å². The fraction of sp³-hybridized carbons (Fsp3) is 0.882. The third-order valence-corrected chi connectivity index (χ3v) is 4.98. The van der Waals surface area contributed by atoms with Crippen molar-refractivity contribution < 1.29 is 14.4 Å². The van der Waals surface area contributed by atoms with Crippen molar-refractivity contribution in [2.75, 3.05) is 19.7 Å². The zero-order valence-electron chi connectivity index (χ0n) is 14.5. The molecule has 1 unspecified atom stereocenters. The van der Waals surface area contributed by atoms with Crippen LogP contribution in [0.4, 0.5) is 0 Å². The highest BCUT2D eigenvalue weighted by atomic mass is 16.5. The number of rotatable bonds is 4. The zero-order chi connectivity index (χ0) is 16.5. The number of aromatic nitrogens is 2. The lowest BCUT2D eigenvalue weighted by atomic mass is 9.78. The molecule has 2 fully saturated rings. The Balaban J connectivity index is 1.52. The molecule has 2 aliphatic rings. The van der Waals surface area contributed by atoms with Crippen molar-refractivity contribution in [3.63, 3.8) is 0 Å². The van der Waals surface area contributed by atoms with Crippen LogP contribution in [0.25, 0.3) is 0 Å². The minimum atomic E-state index is -0.583. The van der Waals surface area contributed by atoms with E-state index in [4.69, 9.17) is 9.26 Å². The lowest BCUT2D eigenvalue weighted by molar-refractivity contribution is -0.173. The van der Waals surface area contributed by atoms with Crippen LogP contribution in [-0.4, -0.2) is 51.0 Å². The quantitative estimate of drug-likeness (QED) is 0.915. The lowest BCUT2D eigenvalue weighted by Crippen LogP contribution is -2.53. The van der Waals surface area contributed by atoms with Gasteiger partial charge in [-0.1, -0.05) is 19.0 Å². The largest absolute Gasteiger partial charge is 0.390 e. The molecular formula is C17H29N3O3. The Morgan fingerprint density at radius 3 is 2.65 bits per heavy atom. The third kappa shape index (κ3) is 4.31. The first-order valence-electron chi connectivity index (χ1n) is 8.76. The maximum absolute atomic E-state index is 10.3. The Labute approximate surface area is 138 Å². The van der Waals surface area contributed by atoms with Gasteiger partial charge in [0.2, 0.25) is 5.89 Å². The van der Waals surface area contributed by atoms with Gasteiger partial charge in [-0.05, 0) is 32.1 Å². The summed E-state index contributed by atoms with van der Waals surface area (Å²) in [4.78, 5) is 6.83. The van der Waals surface area contributed by atoms with E-state index in [0.29, 0.717) is 12.5 Å². The van der Waals surface area contributed by atoms with E-state index in [1.807, 2.05) is 6.92 Å². The highest BCUT2D eigenvalue weighted by Gasteiger charge is 2.44. The summed E-state index contributed by atoms with van der Waals surface area (Å²) in [6.45, 7) is 9.51. The first-order chi connectivity index (χ1) is 10.9. The maximum atomic E-state index is 10.3. The minimum Gasteiger partial charge on any atom is -0.390 e. The predicted octanol–water partition coefficient (Wildman–Crippen LogP) is 2.16. The van der Waals surface area contributed by atoms with Crippen molar-refractivity contribution in [3.05, 3.63) is 11.7 Å². The van der Waals surface area contributed by atoms with E-state index in [1.165, 1.54) is 0 Å². The number of ether oxygens (including phenoxy) is 1. The second kappa shape index (κ2) is 6.49. The van der Waals surface area contributed by atoms with Crippen LogP contribution in [0.2, 0.25) is 0 Å². The molecule has 3 heterocycles. The van der Waals surface area contributed by atoms with Crippen molar-refractivity contribution in [1.82, 2.24) is 15.0 Å². The summed E-state index contributed by atoms with van der Waals surface area (Å²) >= 11 is 0. The molecule has 1 aromatic heterocycles. The van der Waals surface area contributed by atoms with Crippen molar-refractivity contribution in [3.8, 4) is 0 Å². The number of hydrogen-bond acceptors (Lipinski definition) is 6. The van der Waals surface area contributed by atoms with Gasteiger partial charge in [-0.15, -0.1) is 0 Å². The molecule has 1 N–H and O–H groups in total. The van der Waals surface area contributed by atoms with Gasteiger partial charge in [0.15, 0.2) is 5.82 Å². The summed E-state index contributed by atoms with van der Waals surface area (Å²) in [5.74, 6) is 2.03. The number of hydrogen-bond donors (Lipinski definition) is 1. The van der Waals surface area contributed by atoms with Crippen LogP contribution in [-0.2, 0) is 17.7 Å². The van der Waals surface area contributed by atoms with Crippen LogP contribution in [0.3, 0.4) is 0 Å². The summed E-state index contributed by atoms with van der Waals surface area (Å²) in [6, 6.07) is 0. The summed E-state index contributed by atoms with van der Waals surface area (Å²) in [6.07, 6.45) is 4.23. The van der Waals surface area contributed by atoms with E-state index in [9.17, 15) is 5.11 Å².